The first-order valence-electron chi connectivity index (χ1n) is 5.53. The fraction of sp³-hybridized carbons (Fsp3) is 0.143. The van der Waals surface area contributed by atoms with Gasteiger partial charge in [-0.1, -0.05) is 12.1 Å². The number of nitrogens with zero attached hydrogens (tertiary/aromatic N) is 2. The van der Waals surface area contributed by atoms with Crippen LogP contribution in [-0.2, 0) is 5.75 Å². The molecule has 0 bridgehead atoms. The Balaban J connectivity index is 2.06. The van der Waals surface area contributed by atoms with Gasteiger partial charge in [0.1, 0.15) is 11.9 Å². The largest absolute Gasteiger partial charge is 0.340 e. The molecule has 0 amide bonds. The Morgan fingerprint density at radius 2 is 2.00 bits per heavy atom. The molecule has 4 heteroatoms. The third-order valence-electron chi connectivity index (χ3n) is 2.43. The maximum Gasteiger partial charge on any atom is 0.130 e. The molecule has 0 saturated heterocycles. The van der Waals surface area contributed by atoms with Crippen molar-refractivity contribution in [3.8, 4) is 6.07 Å². The van der Waals surface area contributed by atoms with Crippen molar-refractivity contribution in [3.63, 3.8) is 0 Å². The van der Waals surface area contributed by atoms with E-state index < -0.39 is 0 Å². The Kier molecular flexibility index (Phi) is 4.21. The summed E-state index contributed by atoms with van der Waals surface area (Å²) in [5, 5.41) is 11.9. The van der Waals surface area contributed by atoms with Crippen molar-refractivity contribution in [1.82, 2.24) is 4.98 Å². The van der Waals surface area contributed by atoms with Gasteiger partial charge in [0.15, 0.2) is 0 Å². The monoisotopic (exact) mass is 255 g/mol. The molecule has 1 aromatic heterocycles. The minimum atomic E-state index is 0.566. The summed E-state index contributed by atoms with van der Waals surface area (Å²) < 4.78 is 0. The molecule has 0 atom stereocenters. The molecule has 0 radical (unpaired) electrons. The average molecular weight is 255 g/mol. The number of benzene rings is 1. The molecule has 0 spiro atoms. The van der Waals surface area contributed by atoms with Crippen LogP contribution in [0.15, 0.2) is 42.6 Å². The molecule has 90 valence electrons. The predicted octanol–water partition coefficient (Wildman–Crippen LogP) is 3.56. The molecule has 0 aliphatic heterocycles. The zero-order valence-corrected chi connectivity index (χ0v) is 10.9. The lowest BCUT2D eigenvalue weighted by Crippen LogP contribution is -1.93. The van der Waals surface area contributed by atoms with Crippen LogP contribution in [0.2, 0.25) is 0 Å². The van der Waals surface area contributed by atoms with Crippen LogP contribution in [0.25, 0.3) is 0 Å². The van der Waals surface area contributed by atoms with Crippen LogP contribution in [0.5, 0.6) is 0 Å². The summed E-state index contributed by atoms with van der Waals surface area (Å²) in [6.07, 6.45) is 3.65. The lowest BCUT2D eigenvalue weighted by atomic mass is 10.2. The van der Waals surface area contributed by atoms with Gasteiger partial charge in [-0.05, 0) is 36.1 Å². The van der Waals surface area contributed by atoms with Gasteiger partial charge in [0.05, 0.1) is 5.56 Å². The number of aromatic nitrogens is 1. The molecule has 0 aliphatic rings. The van der Waals surface area contributed by atoms with Gasteiger partial charge in [0.2, 0.25) is 0 Å². The first kappa shape index (κ1) is 12.5. The Labute approximate surface area is 111 Å². The van der Waals surface area contributed by atoms with Gasteiger partial charge in [-0.25, -0.2) is 4.98 Å². The van der Waals surface area contributed by atoms with Gasteiger partial charge in [0.25, 0.3) is 0 Å². The van der Waals surface area contributed by atoms with Crippen LogP contribution >= 0.6 is 11.8 Å². The number of nitrogens with one attached hydrogen (secondary N) is 1. The molecular weight excluding hydrogens is 242 g/mol. The van der Waals surface area contributed by atoms with Gasteiger partial charge in [-0.2, -0.15) is 17.0 Å². The number of rotatable bonds is 4. The number of pyridine rings is 1. The Morgan fingerprint density at radius 1 is 1.22 bits per heavy atom. The molecule has 18 heavy (non-hydrogen) atoms. The Morgan fingerprint density at radius 3 is 2.56 bits per heavy atom. The van der Waals surface area contributed by atoms with Gasteiger partial charge in [-0.3, -0.25) is 0 Å². The molecule has 0 unspecified atom stereocenters. The molecule has 2 aromatic rings. The van der Waals surface area contributed by atoms with E-state index >= 15 is 0 Å². The highest BCUT2D eigenvalue weighted by Gasteiger charge is 1.97. The van der Waals surface area contributed by atoms with Crippen LogP contribution in [0.1, 0.15) is 11.1 Å². The van der Waals surface area contributed by atoms with Crippen molar-refractivity contribution in [1.29, 1.82) is 5.26 Å². The molecule has 1 aromatic carbocycles. The molecule has 3 nitrogen and oxygen atoms in total. The van der Waals surface area contributed by atoms with E-state index in [4.69, 9.17) is 5.26 Å². The van der Waals surface area contributed by atoms with E-state index in [1.807, 2.05) is 18.2 Å². The third kappa shape index (κ3) is 3.25. The van der Waals surface area contributed by atoms with E-state index in [9.17, 15) is 0 Å². The van der Waals surface area contributed by atoms with Crippen LogP contribution in [0.4, 0.5) is 11.5 Å². The van der Waals surface area contributed by atoms with Crippen molar-refractivity contribution in [3.05, 3.63) is 53.7 Å². The van der Waals surface area contributed by atoms with Crippen molar-refractivity contribution in [2.24, 2.45) is 0 Å². The highest BCUT2D eigenvalue weighted by Crippen LogP contribution is 2.17. The highest BCUT2D eigenvalue weighted by molar-refractivity contribution is 7.97. The van der Waals surface area contributed by atoms with E-state index in [1.165, 1.54) is 5.56 Å². The summed E-state index contributed by atoms with van der Waals surface area (Å²) in [7, 11) is 0. The Hall–Kier alpha value is -1.99. The van der Waals surface area contributed by atoms with E-state index in [2.05, 4.69) is 28.7 Å². The van der Waals surface area contributed by atoms with E-state index in [0.717, 1.165) is 17.3 Å². The van der Waals surface area contributed by atoms with Crippen molar-refractivity contribution in [2.45, 2.75) is 5.75 Å². The van der Waals surface area contributed by atoms with E-state index in [-0.39, 0.29) is 0 Å². The maximum absolute atomic E-state index is 8.69. The minimum Gasteiger partial charge on any atom is -0.340 e. The second kappa shape index (κ2) is 6.08. The lowest BCUT2D eigenvalue weighted by Gasteiger charge is -2.06. The topological polar surface area (TPSA) is 48.7 Å². The summed E-state index contributed by atoms with van der Waals surface area (Å²) >= 11 is 1.81. The standard InChI is InChI=1S/C14H13N3S/c1-18-10-11-2-5-13(6-3-11)17-14-7-4-12(8-15)9-16-14/h2-7,9H,10H2,1H3,(H,16,17). The maximum atomic E-state index is 8.69. The number of thioether (sulfide) groups is 1. The summed E-state index contributed by atoms with van der Waals surface area (Å²) in [6, 6.07) is 13.9. The molecule has 2 rings (SSSR count). The molecule has 0 fully saturated rings. The van der Waals surface area contributed by atoms with Crippen LogP contribution < -0.4 is 5.32 Å². The smallest absolute Gasteiger partial charge is 0.130 e. The van der Waals surface area contributed by atoms with E-state index in [0.29, 0.717) is 5.56 Å². The third-order valence-corrected chi connectivity index (χ3v) is 3.05. The van der Waals surface area contributed by atoms with E-state index in [1.54, 1.807) is 30.1 Å². The van der Waals surface area contributed by atoms with Crippen molar-refractivity contribution in [2.75, 3.05) is 11.6 Å². The summed E-state index contributed by atoms with van der Waals surface area (Å²) in [4.78, 5) is 4.17. The second-order valence-electron chi connectivity index (χ2n) is 3.80. The zero-order valence-electron chi connectivity index (χ0n) is 10.1. The molecular formula is C14H13N3S. The van der Waals surface area contributed by atoms with Crippen molar-refractivity contribution < 1.29 is 0 Å². The molecule has 0 saturated carbocycles. The number of hydrogen-bond donors (Lipinski definition) is 1. The number of nitriles is 1. The SMILES string of the molecule is CSCc1ccc(Nc2ccc(C#N)cn2)cc1. The first-order chi connectivity index (χ1) is 8.81. The molecule has 1 heterocycles. The average Bonchev–Trinajstić information content (AvgIpc) is 2.42. The predicted molar refractivity (Wildman–Crippen MR) is 75.9 cm³/mol. The first-order valence-corrected chi connectivity index (χ1v) is 6.92. The Bertz CT molecular complexity index is 541. The normalized spacial score (nSPS) is 9.78. The van der Waals surface area contributed by atoms with Crippen molar-refractivity contribution >= 4 is 23.3 Å². The number of hydrogen-bond acceptors (Lipinski definition) is 4. The summed E-state index contributed by atoms with van der Waals surface area (Å²) in [5.74, 6) is 1.77. The van der Waals surface area contributed by atoms with Crippen LogP contribution in [0.3, 0.4) is 0 Å². The fourth-order valence-electron chi connectivity index (χ4n) is 1.53. The highest BCUT2D eigenvalue weighted by atomic mass is 32.2. The van der Waals surface area contributed by atoms with Gasteiger partial charge in [-0.15, -0.1) is 0 Å². The van der Waals surface area contributed by atoms with Gasteiger partial charge >= 0.3 is 0 Å². The summed E-state index contributed by atoms with van der Waals surface area (Å²) in [6.45, 7) is 0. The molecule has 0 aliphatic carbocycles. The van der Waals surface area contributed by atoms with Crippen LogP contribution in [0, 0.1) is 11.3 Å². The quantitative estimate of drug-likeness (QED) is 0.907. The van der Waals surface area contributed by atoms with Gasteiger partial charge in [0, 0.05) is 17.6 Å². The van der Waals surface area contributed by atoms with Crippen LogP contribution in [-0.4, -0.2) is 11.2 Å². The number of anilines is 2. The second-order valence-corrected chi connectivity index (χ2v) is 4.66. The summed E-state index contributed by atoms with van der Waals surface area (Å²) in [5.41, 5.74) is 2.87. The fourth-order valence-corrected chi connectivity index (χ4v) is 2.06. The lowest BCUT2D eigenvalue weighted by molar-refractivity contribution is 1.28. The zero-order chi connectivity index (χ0) is 12.8. The molecule has 1 N–H and O–H groups in total. The van der Waals surface area contributed by atoms with Gasteiger partial charge < -0.3 is 5.32 Å². The minimum absolute atomic E-state index is 0.566.